The highest BCUT2D eigenvalue weighted by Crippen LogP contribution is 2.20. The minimum absolute atomic E-state index is 0.0172. The van der Waals surface area contributed by atoms with Crippen LogP contribution in [0.3, 0.4) is 0 Å². The fourth-order valence-electron chi connectivity index (χ4n) is 5.25. The maximum absolute atomic E-state index is 12.4. The minimum atomic E-state index is -0.103. The third-order valence-electron chi connectivity index (χ3n) is 8.17. The van der Waals surface area contributed by atoms with Crippen LogP contribution < -0.4 is 30.0 Å². The number of aliphatic hydroxyl groups is 4. The zero-order chi connectivity index (χ0) is 40.2. The highest BCUT2D eigenvalue weighted by molar-refractivity contribution is 8.76. The molecule has 0 saturated carbocycles. The summed E-state index contributed by atoms with van der Waals surface area (Å²) in [6, 6.07) is 19.7. The summed E-state index contributed by atoms with van der Waals surface area (Å²) < 4.78 is 1.83. The van der Waals surface area contributed by atoms with Crippen LogP contribution in [0.25, 0.3) is 18.2 Å². The Morgan fingerprint density at radius 1 is 0.679 bits per heavy atom. The molecule has 3 aromatic rings. The average molecular weight is 805 g/mol. The smallest absolute Gasteiger partial charge is 0.286 e. The molecule has 0 aliphatic rings. The van der Waals surface area contributed by atoms with Crippen molar-refractivity contribution in [2.24, 2.45) is 0 Å². The number of anilines is 2. The summed E-state index contributed by atoms with van der Waals surface area (Å²) in [5.74, 6) is 1.34. The lowest BCUT2D eigenvalue weighted by molar-refractivity contribution is -0.684. The zero-order valence-electron chi connectivity index (χ0n) is 31.8. The Bertz CT molecular complexity index is 1700. The van der Waals surface area contributed by atoms with Gasteiger partial charge in [0.15, 0.2) is 18.6 Å². The second-order valence-electron chi connectivity index (χ2n) is 12.3. The third-order valence-corrected chi connectivity index (χ3v) is 10.6. The predicted molar refractivity (Wildman–Crippen MR) is 231 cm³/mol. The van der Waals surface area contributed by atoms with E-state index in [1.807, 2.05) is 118 Å². The highest BCUT2D eigenvalue weighted by Gasteiger charge is 2.09. The fraction of sp³-hybridized carbons (Fsp3) is 0.333. The van der Waals surface area contributed by atoms with Crippen LogP contribution in [0, 0.1) is 0 Å². The van der Waals surface area contributed by atoms with Crippen molar-refractivity contribution < 1.29 is 39.6 Å². The van der Waals surface area contributed by atoms with Gasteiger partial charge >= 0.3 is 0 Å². The molecule has 1 heterocycles. The molecule has 56 heavy (non-hydrogen) atoms. The van der Waals surface area contributed by atoms with E-state index in [2.05, 4.69) is 22.2 Å². The van der Waals surface area contributed by atoms with Gasteiger partial charge < -0.3 is 40.9 Å². The van der Waals surface area contributed by atoms with Gasteiger partial charge in [-0.2, -0.15) is 4.57 Å². The molecule has 0 atom stereocenters. The number of carbonyl (C=O) groups excluding carboxylic acids is 2. The first kappa shape index (κ1) is 45.7. The molecular formula is C42H56N6O6S2+2. The van der Waals surface area contributed by atoms with Gasteiger partial charge in [-0.15, -0.1) is 0 Å². The molecule has 14 heteroatoms. The van der Waals surface area contributed by atoms with Gasteiger partial charge in [-0.25, -0.2) is 4.99 Å². The van der Waals surface area contributed by atoms with Crippen LogP contribution in [0.4, 0.5) is 11.4 Å². The van der Waals surface area contributed by atoms with Crippen molar-refractivity contribution in [3.8, 4) is 0 Å². The molecule has 3 rings (SSSR count). The van der Waals surface area contributed by atoms with Crippen molar-refractivity contribution in [1.82, 2.24) is 10.6 Å². The standard InChI is InChI=1S/C42H54N6O6S2/c1-2-35(3-4-36-7-11-39(12-8-36)47(23-27-49)24-28-50)15-18-43-33-41(53)44-19-31-55-56-32-20-45-42(54)34-46-21-16-38(17-22-46)6-5-37-9-13-40(14-10-37)48(25-29-51)26-30-52/h2-18,21-22,49-52H,1,19-20,23-34H2,(H-,44,45,53,54)/p+2/b4-3+,35-15+,43-18?. The number of hydrogen-bond acceptors (Lipinski definition) is 10. The number of amides is 2. The number of benzene rings is 2. The molecule has 12 nitrogen and oxygen atoms in total. The van der Waals surface area contributed by atoms with Crippen LogP contribution in [-0.4, -0.2) is 122 Å². The second kappa shape index (κ2) is 27.8. The van der Waals surface area contributed by atoms with Crippen LogP contribution in [0.5, 0.6) is 0 Å². The van der Waals surface area contributed by atoms with Crippen LogP contribution in [0.2, 0.25) is 0 Å². The van der Waals surface area contributed by atoms with Crippen LogP contribution in [0.15, 0.2) is 103 Å². The molecule has 0 aliphatic heterocycles. The summed E-state index contributed by atoms with van der Waals surface area (Å²) in [6.07, 6.45) is 17.0. The molecular weight excluding hydrogens is 749 g/mol. The first-order valence-electron chi connectivity index (χ1n) is 18.5. The molecule has 0 bridgehead atoms. The number of hydrogen-bond donors (Lipinski definition) is 7. The molecule has 300 valence electrons. The summed E-state index contributed by atoms with van der Waals surface area (Å²) in [6.45, 7) is 7.27. The molecule has 1 aromatic heterocycles. The van der Waals surface area contributed by atoms with Crippen molar-refractivity contribution in [1.29, 1.82) is 0 Å². The van der Waals surface area contributed by atoms with E-state index in [1.54, 1.807) is 33.9 Å². The monoisotopic (exact) mass is 804 g/mol. The average Bonchev–Trinajstić information content (AvgIpc) is 3.21. The highest BCUT2D eigenvalue weighted by atomic mass is 33.1. The molecule has 2 aromatic carbocycles. The van der Waals surface area contributed by atoms with Gasteiger partial charge in [-0.1, -0.05) is 82.8 Å². The Morgan fingerprint density at radius 2 is 1.14 bits per heavy atom. The van der Waals surface area contributed by atoms with E-state index in [9.17, 15) is 30.0 Å². The van der Waals surface area contributed by atoms with E-state index >= 15 is 0 Å². The number of aromatic nitrogens is 1. The Hall–Kier alpha value is -4.70. The number of nitrogens with one attached hydrogen (secondary N) is 3. The quantitative estimate of drug-likeness (QED) is 0.0197. The van der Waals surface area contributed by atoms with Gasteiger partial charge in [0.2, 0.25) is 13.1 Å². The molecule has 0 spiro atoms. The molecule has 0 radical (unpaired) electrons. The summed E-state index contributed by atoms with van der Waals surface area (Å²) in [4.78, 5) is 31.5. The van der Waals surface area contributed by atoms with Crippen molar-refractivity contribution in [2.75, 3.05) is 93.5 Å². The maximum Gasteiger partial charge on any atom is 0.286 e. The van der Waals surface area contributed by atoms with Gasteiger partial charge in [0.25, 0.3) is 11.8 Å². The number of aliphatic hydroxyl groups excluding tert-OH is 4. The van der Waals surface area contributed by atoms with Crippen molar-refractivity contribution >= 4 is 69.2 Å². The molecule has 0 unspecified atom stereocenters. The normalized spacial score (nSPS) is 11.8. The minimum Gasteiger partial charge on any atom is -0.395 e. The maximum atomic E-state index is 12.4. The Balaban J connectivity index is 1.25. The summed E-state index contributed by atoms with van der Waals surface area (Å²) in [5.41, 5.74) is 5.79. The van der Waals surface area contributed by atoms with Gasteiger partial charge in [0.05, 0.1) is 26.4 Å². The van der Waals surface area contributed by atoms with Gasteiger partial charge in [0, 0.05) is 80.4 Å². The molecule has 0 fully saturated rings. The lowest BCUT2D eigenvalue weighted by Crippen LogP contribution is -2.72. The lowest BCUT2D eigenvalue weighted by atomic mass is 10.1. The molecule has 0 saturated heterocycles. The predicted octanol–water partition coefficient (Wildman–Crippen LogP) is 1.32. The van der Waals surface area contributed by atoms with E-state index in [0.717, 1.165) is 45.1 Å². The van der Waals surface area contributed by atoms with E-state index in [-0.39, 0.29) is 51.3 Å². The number of pyridine rings is 1. The Labute approximate surface area is 338 Å². The van der Waals surface area contributed by atoms with Gasteiger partial charge in [-0.3, -0.25) is 9.59 Å². The molecule has 7 N–H and O–H groups in total. The molecule has 2 amide bonds. The van der Waals surface area contributed by atoms with Gasteiger partial charge in [0.1, 0.15) is 0 Å². The van der Waals surface area contributed by atoms with E-state index < -0.39 is 0 Å². The first-order chi connectivity index (χ1) is 27.4. The van der Waals surface area contributed by atoms with Crippen LogP contribution in [-0.2, 0) is 16.1 Å². The largest absolute Gasteiger partial charge is 0.395 e. The SMILES string of the molecule is C=CC(/C=C/c1ccc(N(CCO)CCO)cc1)=C\C=[NH+]CC(=O)NCCSSCCNC(=O)C[n+]1ccc(/C=C/c2ccc(N(CCO)CCO)cc2)cc1. The number of rotatable bonds is 27. The summed E-state index contributed by atoms with van der Waals surface area (Å²) in [7, 11) is 3.29. The van der Waals surface area contributed by atoms with Crippen LogP contribution >= 0.6 is 21.6 Å². The topological polar surface area (TPSA) is 163 Å². The van der Waals surface area contributed by atoms with E-state index in [4.69, 9.17) is 0 Å². The Kier molecular flexibility index (Phi) is 22.7. The van der Waals surface area contributed by atoms with Crippen molar-refractivity contribution in [3.05, 3.63) is 120 Å². The van der Waals surface area contributed by atoms with Crippen LogP contribution in [0.1, 0.15) is 16.7 Å². The van der Waals surface area contributed by atoms with Gasteiger partial charge in [-0.05, 0) is 46.5 Å². The molecule has 0 aliphatic carbocycles. The Morgan fingerprint density at radius 3 is 1.62 bits per heavy atom. The summed E-state index contributed by atoms with van der Waals surface area (Å²) >= 11 is 0. The first-order valence-corrected chi connectivity index (χ1v) is 21.0. The summed E-state index contributed by atoms with van der Waals surface area (Å²) in [5, 5.41) is 42.8. The van der Waals surface area contributed by atoms with Crippen molar-refractivity contribution in [2.45, 2.75) is 6.54 Å². The number of allylic oxidation sites excluding steroid dienone is 4. The number of carbonyl (C=O) groups is 2. The zero-order valence-corrected chi connectivity index (χ0v) is 33.5. The third kappa shape index (κ3) is 18.3. The fourth-order valence-corrected chi connectivity index (χ4v) is 7.06. The van der Waals surface area contributed by atoms with E-state index in [1.165, 1.54) is 0 Å². The van der Waals surface area contributed by atoms with E-state index in [0.29, 0.717) is 39.3 Å². The van der Waals surface area contributed by atoms with Crippen molar-refractivity contribution in [3.63, 3.8) is 0 Å². The number of nitrogens with zero attached hydrogens (tertiary/aromatic N) is 3. The lowest BCUT2D eigenvalue weighted by Gasteiger charge is -2.22. The second-order valence-corrected chi connectivity index (χ2v) is 15.0.